The van der Waals surface area contributed by atoms with E-state index < -0.39 is 5.82 Å². The molecule has 1 aliphatic heterocycles. The molecule has 1 saturated heterocycles. The smallest absolute Gasteiger partial charge is 0.315 e. The molecule has 2 amide bonds. The summed E-state index contributed by atoms with van der Waals surface area (Å²) in [6.45, 7) is 3.83. The summed E-state index contributed by atoms with van der Waals surface area (Å²) < 4.78 is 14.2. The SMILES string of the molecule is C[C@H](CCO)CNC(=O)N[C@H]1CCCN(c2ccc(C#N)cc2F)C1. The first-order valence-corrected chi connectivity index (χ1v) is 8.63. The summed E-state index contributed by atoms with van der Waals surface area (Å²) in [5.41, 5.74) is 0.756. The van der Waals surface area contributed by atoms with Gasteiger partial charge in [-0.05, 0) is 43.4 Å². The largest absolute Gasteiger partial charge is 0.396 e. The Bertz CT molecular complexity index is 632. The summed E-state index contributed by atoms with van der Waals surface area (Å²) in [5.74, 6) is -0.201. The van der Waals surface area contributed by atoms with Crippen LogP contribution in [0.4, 0.5) is 14.9 Å². The van der Waals surface area contributed by atoms with E-state index in [0.29, 0.717) is 30.8 Å². The van der Waals surface area contributed by atoms with Gasteiger partial charge in [-0.2, -0.15) is 5.26 Å². The number of anilines is 1. The molecule has 2 rings (SSSR count). The van der Waals surface area contributed by atoms with E-state index in [-0.39, 0.29) is 24.6 Å². The van der Waals surface area contributed by atoms with Crippen molar-refractivity contribution in [2.24, 2.45) is 5.92 Å². The van der Waals surface area contributed by atoms with Crippen molar-refractivity contribution in [3.63, 3.8) is 0 Å². The van der Waals surface area contributed by atoms with Crippen LogP contribution in [0.3, 0.4) is 0 Å². The van der Waals surface area contributed by atoms with Gasteiger partial charge in [0, 0.05) is 32.3 Å². The van der Waals surface area contributed by atoms with Crippen molar-refractivity contribution in [2.45, 2.75) is 32.2 Å². The molecular weight excluding hydrogens is 323 g/mol. The maximum absolute atomic E-state index is 14.2. The number of nitrogens with zero attached hydrogens (tertiary/aromatic N) is 2. The summed E-state index contributed by atoms with van der Waals surface area (Å²) in [6, 6.07) is 6.09. The molecule has 0 spiro atoms. The highest BCUT2D eigenvalue weighted by Crippen LogP contribution is 2.24. The molecule has 6 nitrogen and oxygen atoms in total. The van der Waals surface area contributed by atoms with Crippen molar-refractivity contribution in [3.05, 3.63) is 29.6 Å². The third-order valence-corrected chi connectivity index (χ3v) is 4.41. The minimum atomic E-state index is -0.415. The number of aliphatic hydroxyl groups is 1. The lowest BCUT2D eigenvalue weighted by Gasteiger charge is -2.35. The zero-order valence-electron chi connectivity index (χ0n) is 14.5. The second-order valence-electron chi connectivity index (χ2n) is 6.53. The Hall–Kier alpha value is -2.33. The van der Waals surface area contributed by atoms with Gasteiger partial charge in [0.25, 0.3) is 0 Å². The molecule has 2 atom stereocenters. The Labute approximate surface area is 147 Å². The highest BCUT2D eigenvalue weighted by Gasteiger charge is 2.23. The highest BCUT2D eigenvalue weighted by molar-refractivity contribution is 5.74. The topological polar surface area (TPSA) is 88.4 Å². The molecule has 3 N–H and O–H groups in total. The molecule has 7 heteroatoms. The number of carbonyl (C=O) groups is 1. The van der Waals surface area contributed by atoms with Crippen molar-refractivity contribution in [1.82, 2.24) is 10.6 Å². The standard InChI is InChI=1S/C18H25FN4O2/c1-13(6-8-24)11-21-18(25)22-15-3-2-7-23(12-15)17-5-4-14(10-20)9-16(17)19/h4-5,9,13,15,24H,2-3,6-8,11-12H2,1H3,(H2,21,22,25)/t13-,15+/m1/s1. The van der Waals surface area contributed by atoms with Gasteiger partial charge < -0.3 is 20.6 Å². The average molecular weight is 348 g/mol. The number of rotatable bonds is 6. The lowest BCUT2D eigenvalue weighted by atomic mass is 10.0. The van der Waals surface area contributed by atoms with Crippen molar-refractivity contribution < 1.29 is 14.3 Å². The maximum atomic E-state index is 14.2. The van der Waals surface area contributed by atoms with Crippen LogP contribution in [0.5, 0.6) is 0 Å². The molecule has 1 aliphatic rings. The van der Waals surface area contributed by atoms with Crippen LogP contribution >= 0.6 is 0 Å². The van der Waals surface area contributed by atoms with Gasteiger partial charge in [-0.15, -0.1) is 0 Å². The lowest BCUT2D eigenvalue weighted by molar-refractivity contribution is 0.229. The number of halogens is 1. The van der Waals surface area contributed by atoms with Crippen LogP contribution in [0.25, 0.3) is 0 Å². The number of nitrogens with one attached hydrogen (secondary N) is 2. The fraction of sp³-hybridized carbons (Fsp3) is 0.556. The van der Waals surface area contributed by atoms with Crippen LogP contribution in [-0.4, -0.2) is 43.4 Å². The van der Waals surface area contributed by atoms with Crippen molar-refractivity contribution >= 4 is 11.7 Å². The van der Waals surface area contributed by atoms with E-state index in [1.54, 1.807) is 12.1 Å². The number of urea groups is 1. The Morgan fingerprint density at radius 3 is 3.04 bits per heavy atom. The molecule has 1 fully saturated rings. The number of benzene rings is 1. The van der Waals surface area contributed by atoms with Gasteiger partial charge in [0.1, 0.15) is 5.82 Å². The lowest BCUT2D eigenvalue weighted by Crippen LogP contribution is -2.51. The zero-order chi connectivity index (χ0) is 18.2. The van der Waals surface area contributed by atoms with Crippen molar-refractivity contribution in [3.8, 4) is 6.07 Å². The van der Waals surface area contributed by atoms with Crippen LogP contribution in [0.15, 0.2) is 18.2 Å². The first-order chi connectivity index (χ1) is 12.0. The van der Waals surface area contributed by atoms with Gasteiger partial charge in [0.2, 0.25) is 0 Å². The number of amides is 2. The van der Waals surface area contributed by atoms with E-state index in [1.165, 1.54) is 6.07 Å². The third-order valence-electron chi connectivity index (χ3n) is 4.41. The molecule has 25 heavy (non-hydrogen) atoms. The van der Waals surface area contributed by atoms with E-state index in [1.807, 2.05) is 17.9 Å². The summed E-state index contributed by atoms with van der Waals surface area (Å²) in [5, 5.41) is 23.4. The second kappa shape index (κ2) is 9.23. The van der Waals surface area contributed by atoms with Gasteiger partial charge in [-0.1, -0.05) is 6.92 Å². The van der Waals surface area contributed by atoms with Crippen molar-refractivity contribution in [2.75, 3.05) is 31.1 Å². The Balaban J connectivity index is 1.88. The van der Waals surface area contributed by atoms with E-state index in [4.69, 9.17) is 10.4 Å². The van der Waals surface area contributed by atoms with E-state index >= 15 is 0 Å². The third kappa shape index (κ3) is 5.61. The fourth-order valence-corrected chi connectivity index (χ4v) is 2.97. The predicted molar refractivity (Wildman–Crippen MR) is 93.8 cm³/mol. The van der Waals surface area contributed by atoms with Crippen LogP contribution in [0.1, 0.15) is 31.7 Å². The quantitative estimate of drug-likeness (QED) is 0.733. The Morgan fingerprint density at radius 2 is 2.36 bits per heavy atom. The zero-order valence-corrected chi connectivity index (χ0v) is 14.5. The molecule has 0 radical (unpaired) electrons. The van der Waals surface area contributed by atoms with Gasteiger partial charge in [-0.25, -0.2) is 9.18 Å². The molecular formula is C18H25FN4O2. The fourth-order valence-electron chi connectivity index (χ4n) is 2.97. The van der Waals surface area contributed by atoms with Crippen LogP contribution in [-0.2, 0) is 0 Å². The van der Waals surface area contributed by atoms with E-state index in [2.05, 4.69) is 10.6 Å². The highest BCUT2D eigenvalue weighted by atomic mass is 19.1. The molecule has 0 saturated carbocycles. The number of hydrogen-bond donors (Lipinski definition) is 3. The van der Waals surface area contributed by atoms with E-state index in [9.17, 15) is 9.18 Å². The minimum Gasteiger partial charge on any atom is -0.396 e. The van der Waals surface area contributed by atoms with Gasteiger partial charge >= 0.3 is 6.03 Å². The number of aliphatic hydroxyl groups excluding tert-OH is 1. The number of nitriles is 1. The molecule has 1 heterocycles. The molecule has 0 aliphatic carbocycles. The molecule has 136 valence electrons. The van der Waals surface area contributed by atoms with Gasteiger partial charge in [-0.3, -0.25) is 0 Å². The second-order valence-corrected chi connectivity index (χ2v) is 6.53. The molecule has 1 aromatic rings. The van der Waals surface area contributed by atoms with Crippen LogP contribution in [0, 0.1) is 23.1 Å². The Kier molecular flexibility index (Phi) is 7.02. The molecule has 1 aromatic carbocycles. The predicted octanol–water partition coefficient (Wildman–Crippen LogP) is 1.98. The van der Waals surface area contributed by atoms with Crippen LogP contribution in [0.2, 0.25) is 0 Å². The number of hydrogen-bond acceptors (Lipinski definition) is 4. The molecule has 0 aromatic heterocycles. The first-order valence-electron chi connectivity index (χ1n) is 8.63. The molecule has 0 unspecified atom stereocenters. The maximum Gasteiger partial charge on any atom is 0.315 e. The van der Waals surface area contributed by atoms with Gasteiger partial charge in [0.15, 0.2) is 0 Å². The summed E-state index contributed by atoms with van der Waals surface area (Å²) in [6.07, 6.45) is 2.34. The minimum absolute atomic E-state index is 0.0584. The monoisotopic (exact) mass is 348 g/mol. The summed E-state index contributed by atoms with van der Waals surface area (Å²) in [7, 11) is 0. The Morgan fingerprint density at radius 1 is 1.56 bits per heavy atom. The molecule has 0 bridgehead atoms. The first kappa shape index (κ1) is 19.0. The average Bonchev–Trinajstić information content (AvgIpc) is 2.60. The normalized spacial score (nSPS) is 18.3. The van der Waals surface area contributed by atoms with Crippen molar-refractivity contribution in [1.29, 1.82) is 5.26 Å². The summed E-state index contributed by atoms with van der Waals surface area (Å²) >= 11 is 0. The van der Waals surface area contributed by atoms with Crippen LogP contribution < -0.4 is 15.5 Å². The van der Waals surface area contributed by atoms with E-state index in [0.717, 1.165) is 19.4 Å². The summed E-state index contributed by atoms with van der Waals surface area (Å²) in [4.78, 5) is 13.9. The number of piperidine rings is 1. The number of carbonyl (C=O) groups excluding carboxylic acids is 1. The van der Waals surface area contributed by atoms with Gasteiger partial charge in [0.05, 0.1) is 17.3 Å².